The number of thiophene rings is 3. The minimum atomic E-state index is -0.191. The van der Waals surface area contributed by atoms with Crippen molar-refractivity contribution >= 4 is 74.3 Å². The Hall–Kier alpha value is -7.47. The molecule has 0 radical (unpaired) electrons. The molecule has 11 aromatic rings. The lowest BCUT2D eigenvalue weighted by Gasteiger charge is -2.07. The average molecular weight is 961 g/mol. The van der Waals surface area contributed by atoms with Crippen molar-refractivity contribution in [1.29, 1.82) is 0 Å². The van der Waals surface area contributed by atoms with Gasteiger partial charge in [-0.15, -0.1) is 11.3 Å². The zero-order valence-corrected chi connectivity index (χ0v) is 38.6. The van der Waals surface area contributed by atoms with Gasteiger partial charge >= 0.3 is 0 Å². The summed E-state index contributed by atoms with van der Waals surface area (Å²) >= 11 is 12.5. The van der Waals surface area contributed by atoms with E-state index in [0.29, 0.717) is 39.2 Å². The minimum Gasteiger partial charge on any atom is -0.342 e. The zero-order chi connectivity index (χ0) is 45.4. The van der Waals surface area contributed by atoms with Crippen LogP contribution in [0.2, 0.25) is 5.02 Å². The van der Waals surface area contributed by atoms with Crippen LogP contribution in [0.3, 0.4) is 0 Å². The molecule has 12 nitrogen and oxygen atoms in total. The molecule has 3 aromatic carbocycles. The van der Waals surface area contributed by atoms with E-state index in [-0.39, 0.29) is 17.3 Å². The van der Waals surface area contributed by atoms with Crippen LogP contribution >= 0.6 is 56.9 Å². The number of H-pyrrole nitrogens is 3. The number of aryl methyl sites for hydroxylation is 1. The Balaban J connectivity index is 0.000000125. The van der Waals surface area contributed by atoms with E-state index in [2.05, 4.69) is 80.4 Å². The summed E-state index contributed by atoms with van der Waals surface area (Å²) in [5.74, 6) is 0.585. The number of benzene rings is 3. The number of carbonyl (C=O) groups is 3. The number of carbonyl (C=O) groups excluding carboxylic acids is 3. The largest absolute Gasteiger partial charge is 0.342 e. The maximum absolute atomic E-state index is 12.7. The van der Waals surface area contributed by atoms with Gasteiger partial charge in [0.2, 0.25) is 17.3 Å². The van der Waals surface area contributed by atoms with Crippen molar-refractivity contribution in [3.63, 3.8) is 0 Å². The Bertz CT molecular complexity index is 3270. The highest BCUT2D eigenvalue weighted by Crippen LogP contribution is 2.32. The third-order valence-electron chi connectivity index (χ3n) is 9.99. The van der Waals surface area contributed by atoms with Crippen LogP contribution in [-0.4, -0.2) is 62.0 Å². The van der Waals surface area contributed by atoms with Crippen molar-refractivity contribution in [2.75, 3.05) is 0 Å². The van der Waals surface area contributed by atoms with Crippen molar-refractivity contribution in [3.05, 3.63) is 205 Å². The molecule has 0 aliphatic heterocycles. The number of nitrogens with one attached hydrogen (secondary N) is 3. The van der Waals surface area contributed by atoms with Crippen molar-refractivity contribution in [3.8, 4) is 55.9 Å². The van der Waals surface area contributed by atoms with Gasteiger partial charge in [-0.2, -0.15) is 39.1 Å². The van der Waals surface area contributed by atoms with E-state index in [0.717, 1.165) is 55.9 Å². The number of aromatic amines is 3. The number of aromatic nitrogens is 9. The first kappa shape index (κ1) is 43.8. The van der Waals surface area contributed by atoms with Gasteiger partial charge in [0.05, 0.1) is 16.9 Å². The molecule has 0 unspecified atom stereocenters. The summed E-state index contributed by atoms with van der Waals surface area (Å²) in [7, 11) is 1.88. The molecule has 0 saturated heterocycles. The Labute approximate surface area is 398 Å². The lowest BCUT2D eigenvalue weighted by atomic mass is 9.97. The van der Waals surface area contributed by atoms with E-state index in [1.807, 2.05) is 71.2 Å². The summed E-state index contributed by atoms with van der Waals surface area (Å²) in [6, 6.07) is 25.1. The molecule has 0 amide bonds. The van der Waals surface area contributed by atoms with Gasteiger partial charge in [0.1, 0.15) is 0 Å². The smallest absolute Gasteiger partial charge is 0.228 e. The van der Waals surface area contributed by atoms with Crippen LogP contribution in [0.1, 0.15) is 48.5 Å². The SMILES string of the molecule is Cn1ccc(-c2cc(C(=O)c3ncc[nH]3)cc(-c3ccsc3)c2)n1.O=C(c1cc(-c2ccsc2)cc(-c2ccsc2)c1)c1ncc[nH]1.O=C(c1cc(Cl)cc(-c2cscn2)c1)c1ncc[nH]1. The van der Waals surface area contributed by atoms with Gasteiger partial charge in [-0.05, 0) is 145 Å². The summed E-state index contributed by atoms with van der Waals surface area (Å²) in [5, 5.41) is 19.2. The van der Waals surface area contributed by atoms with Crippen molar-refractivity contribution in [2.24, 2.45) is 7.05 Å². The Morgan fingerprint density at radius 2 is 0.924 bits per heavy atom. The van der Waals surface area contributed by atoms with Crippen LogP contribution < -0.4 is 0 Å². The molecule has 0 aliphatic carbocycles. The molecule has 0 saturated carbocycles. The first-order valence-corrected chi connectivity index (χ1v) is 24.1. The van der Waals surface area contributed by atoms with Gasteiger partial charge in [-0.1, -0.05) is 11.6 Å². The third-order valence-corrected chi connectivity index (χ3v) is 12.8. The van der Waals surface area contributed by atoms with Crippen LogP contribution in [0, 0.1) is 0 Å². The number of thiazole rings is 1. The normalized spacial score (nSPS) is 10.8. The fraction of sp³-hybridized carbons (Fsp3) is 0.0204. The highest BCUT2D eigenvalue weighted by molar-refractivity contribution is 7.09. The molecule has 0 spiro atoms. The average Bonchev–Trinajstić information content (AvgIpc) is 4.21. The first-order chi connectivity index (χ1) is 32.3. The molecule has 0 bridgehead atoms. The molecule has 11 rings (SSSR count). The molecule has 3 N–H and O–H groups in total. The quantitative estimate of drug-likeness (QED) is 0.108. The maximum Gasteiger partial charge on any atom is 0.228 e. The van der Waals surface area contributed by atoms with Crippen molar-refractivity contribution in [2.45, 2.75) is 0 Å². The summed E-state index contributed by atoms with van der Waals surface area (Å²) in [6.45, 7) is 0. The van der Waals surface area contributed by atoms with Crippen molar-refractivity contribution in [1.82, 2.24) is 44.7 Å². The van der Waals surface area contributed by atoms with E-state index in [1.54, 1.807) is 99.6 Å². The maximum atomic E-state index is 12.7. The molecule has 324 valence electrons. The molecular formula is C49H34ClN9O3S4. The standard InChI is InChI=1S/C18H14N4OS.C18H12N2OS2.C13H8ClN3OS/c1-22-6-2-16(21-22)14-8-13(12-3-7-24-11-12)9-15(10-14)17(23)18-19-4-5-20-18;21-17(18-19-3-4-20-18)16-8-14(12-1-5-22-10-12)7-15(9-16)13-2-6-23-11-13;14-10-4-8(11-6-19-7-17-11)3-9(5-10)12(18)13-15-1-2-16-13/h2-11H,1H3,(H,19,20);1-11H,(H,19,20);1-7H,(H,15,16). The second kappa shape index (κ2) is 20.1. The highest BCUT2D eigenvalue weighted by Gasteiger charge is 2.18. The van der Waals surface area contributed by atoms with Gasteiger partial charge in [-0.25, -0.2) is 19.9 Å². The number of hydrogen-bond acceptors (Lipinski definition) is 12. The Kier molecular flexibility index (Phi) is 13.4. The molecule has 0 atom stereocenters. The number of nitrogens with zero attached hydrogens (tertiary/aromatic N) is 6. The zero-order valence-electron chi connectivity index (χ0n) is 34.6. The topological polar surface area (TPSA) is 168 Å². The van der Waals surface area contributed by atoms with Gasteiger partial charge in [0, 0.05) is 88.6 Å². The van der Waals surface area contributed by atoms with E-state index >= 15 is 0 Å². The van der Waals surface area contributed by atoms with Crippen LogP contribution in [-0.2, 0) is 7.05 Å². The number of imidazole rings is 3. The van der Waals surface area contributed by atoms with Crippen LogP contribution in [0.25, 0.3) is 55.9 Å². The van der Waals surface area contributed by atoms with Crippen LogP contribution in [0.15, 0.2) is 165 Å². The summed E-state index contributed by atoms with van der Waals surface area (Å²) < 4.78 is 1.75. The lowest BCUT2D eigenvalue weighted by Crippen LogP contribution is -2.04. The monoisotopic (exact) mass is 959 g/mol. The Morgan fingerprint density at radius 1 is 0.485 bits per heavy atom. The van der Waals surface area contributed by atoms with E-state index in [4.69, 9.17) is 11.6 Å². The fourth-order valence-corrected chi connectivity index (χ4v) is 9.61. The minimum absolute atomic E-state index is 0.0939. The van der Waals surface area contributed by atoms with Crippen molar-refractivity contribution < 1.29 is 14.4 Å². The molecule has 8 heterocycles. The molecule has 0 fully saturated rings. The number of halogens is 1. The van der Waals surface area contributed by atoms with Crippen LogP contribution in [0.4, 0.5) is 0 Å². The molecule has 0 aliphatic rings. The Morgan fingerprint density at radius 3 is 1.30 bits per heavy atom. The predicted molar refractivity (Wildman–Crippen MR) is 264 cm³/mol. The third kappa shape index (κ3) is 10.2. The summed E-state index contributed by atoms with van der Waals surface area (Å²) in [4.78, 5) is 62.4. The van der Waals surface area contributed by atoms with Crippen LogP contribution in [0.5, 0.6) is 0 Å². The number of ketones is 3. The summed E-state index contributed by atoms with van der Waals surface area (Å²) in [5.41, 5.74) is 13.3. The highest BCUT2D eigenvalue weighted by atomic mass is 35.5. The van der Waals surface area contributed by atoms with Gasteiger partial charge in [0.15, 0.2) is 17.5 Å². The molecular weight excluding hydrogens is 926 g/mol. The summed E-state index contributed by atoms with van der Waals surface area (Å²) in [6.07, 6.45) is 11.5. The fourth-order valence-electron chi connectivity index (χ4n) is 6.82. The van der Waals surface area contributed by atoms with E-state index < -0.39 is 0 Å². The van der Waals surface area contributed by atoms with E-state index in [1.165, 1.54) is 11.3 Å². The molecule has 17 heteroatoms. The predicted octanol–water partition coefficient (Wildman–Crippen LogP) is 12.3. The lowest BCUT2D eigenvalue weighted by molar-refractivity contribution is 0.102. The number of rotatable bonds is 11. The van der Waals surface area contributed by atoms with Gasteiger partial charge in [-0.3, -0.25) is 19.1 Å². The second-order valence-corrected chi connectivity index (χ2v) is 17.9. The van der Waals surface area contributed by atoms with Gasteiger partial charge in [0.25, 0.3) is 0 Å². The number of hydrogen-bond donors (Lipinski definition) is 3. The molecule has 66 heavy (non-hydrogen) atoms. The molecule has 8 aromatic heterocycles. The van der Waals surface area contributed by atoms with E-state index in [9.17, 15) is 14.4 Å². The van der Waals surface area contributed by atoms with Gasteiger partial charge < -0.3 is 15.0 Å². The first-order valence-electron chi connectivity index (χ1n) is 19.9. The second-order valence-electron chi connectivity index (χ2n) is 14.4.